The molecule has 0 saturated heterocycles. The van der Waals surface area contributed by atoms with Crippen LogP contribution in [0.5, 0.6) is 5.75 Å². The van der Waals surface area contributed by atoms with Crippen molar-refractivity contribution in [2.75, 3.05) is 13.2 Å². The number of hydrogen-bond acceptors (Lipinski definition) is 4. The van der Waals surface area contributed by atoms with Gasteiger partial charge in [0.2, 0.25) is 0 Å². The molecule has 1 aromatic rings. The second-order valence-corrected chi connectivity index (χ2v) is 5.47. The van der Waals surface area contributed by atoms with Crippen molar-refractivity contribution in [3.63, 3.8) is 0 Å². The van der Waals surface area contributed by atoms with Crippen molar-refractivity contribution in [3.8, 4) is 11.8 Å². The lowest BCUT2D eigenvalue weighted by Gasteiger charge is -2.20. The number of nitriles is 1. The number of nitrogens with zero attached hydrogens (tertiary/aromatic N) is 1. The number of hydrogen-bond donors (Lipinski definition) is 2. The van der Waals surface area contributed by atoms with Gasteiger partial charge in [-0.1, -0.05) is 12.1 Å². The molecule has 0 aliphatic carbocycles. The summed E-state index contributed by atoms with van der Waals surface area (Å²) in [5, 5.41) is 14.2. The normalized spacial score (nSPS) is 10.7. The topological polar surface area (TPSA) is 74.2 Å². The first-order chi connectivity index (χ1) is 9.40. The number of benzene rings is 1. The van der Waals surface area contributed by atoms with E-state index >= 15 is 0 Å². The minimum absolute atomic E-state index is 0.00225. The van der Waals surface area contributed by atoms with Gasteiger partial charge in [0.1, 0.15) is 12.3 Å². The van der Waals surface area contributed by atoms with Gasteiger partial charge in [0.25, 0.3) is 5.91 Å². The predicted octanol–water partition coefficient (Wildman–Crippen LogP) is 1.59. The van der Waals surface area contributed by atoms with Gasteiger partial charge in [0, 0.05) is 12.1 Å². The third kappa shape index (κ3) is 6.76. The van der Waals surface area contributed by atoms with Crippen LogP contribution in [0, 0.1) is 11.3 Å². The highest BCUT2D eigenvalue weighted by atomic mass is 16.5. The van der Waals surface area contributed by atoms with Crippen molar-refractivity contribution >= 4 is 5.91 Å². The summed E-state index contributed by atoms with van der Waals surface area (Å²) in [6.45, 7) is 6.96. The van der Waals surface area contributed by atoms with Gasteiger partial charge in [0.05, 0.1) is 6.07 Å². The van der Waals surface area contributed by atoms with E-state index in [0.29, 0.717) is 5.75 Å². The lowest BCUT2D eigenvalue weighted by Crippen LogP contribution is -2.35. The Morgan fingerprint density at radius 3 is 2.80 bits per heavy atom. The van der Waals surface area contributed by atoms with Crippen molar-refractivity contribution in [1.82, 2.24) is 10.6 Å². The van der Waals surface area contributed by atoms with E-state index in [-0.39, 0.29) is 24.6 Å². The Morgan fingerprint density at radius 2 is 2.15 bits per heavy atom. The summed E-state index contributed by atoms with van der Waals surface area (Å²) < 4.78 is 5.39. The van der Waals surface area contributed by atoms with Gasteiger partial charge < -0.3 is 15.4 Å². The van der Waals surface area contributed by atoms with Crippen molar-refractivity contribution in [1.29, 1.82) is 5.26 Å². The number of rotatable bonds is 6. The number of amides is 1. The number of ether oxygens (including phenoxy) is 1. The predicted molar refractivity (Wildman–Crippen MR) is 77.2 cm³/mol. The standard InChI is InChI=1S/C15H21N3O2/c1-15(2,3)18-10-12-5-4-6-13(9-12)20-11-14(19)17-8-7-16/h4-6,9,18H,8,10-11H2,1-3H3,(H,17,19). The molecule has 2 N–H and O–H groups in total. The molecule has 0 atom stereocenters. The number of carbonyl (C=O) groups excluding carboxylic acids is 1. The van der Waals surface area contributed by atoms with Crippen LogP contribution in [0.2, 0.25) is 0 Å². The first kappa shape index (κ1) is 16.0. The number of carbonyl (C=O) groups is 1. The van der Waals surface area contributed by atoms with Crippen LogP contribution in [0.1, 0.15) is 26.3 Å². The molecule has 5 nitrogen and oxygen atoms in total. The molecule has 0 aliphatic rings. The second kappa shape index (κ2) is 7.51. The highest BCUT2D eigenvalue weighted by Gasteiger charge is 2.08. The van der Waals surface area contributed by atoms with Crippen LogP contribution >= 0.6 is 0 Å². The van der Waals surface area contributed by atoms with Gasteiger partial charge >= 0.3 is 0 Å². The largest absolute Gasteiger partial charge is 0.484 e. The molecule has 0 fully saturated rings. The molecule has 1 aromatic carbocycles. The fourth-order valence-corrected chi connectivity index (χ4v) is 1.45. The fraction of sp³-hybridized carbons (Fsp3) is 0.467. The average Bonchev–Trinajstić information content (AvgIpc) is 2.40. The quantitative estimate of drug-likeness (QED) is 0.773. The highest BCUT2D eigenvalue weighted by molar-refractivity contribution is 5.77. The minimum atomic E-state index is -0.301. The Labute approximate surface area is 119 Å². The lowest BCUT2D eigenvalue weighted by atomic mass is 10.1. The van der Waals surface area contributed by atoms with Crippen LogP contribution in [0.15, 0.2) is 24.3 Å². The third-order valence-electron chi connectivity index (χ3n) is 2.46. The van der Waals surface area contributed by atoms with Crippen molar-refractivity contribution in [2.45, 2.75) is 32.9 Å². The maximum absolute atomic E-state index is 11.3. The Kier molecular flexibility index (Phi) is 6.01. The molecule has 5 heteroatoms. The van der Waals surface area contributed by atoms with Gasteiger partial charge in [0.15, 0.2) is 6.61 Å². The van der Waals surface area contributed by atoms with Gasteiger partial charge in [-0.05, 0) is 38.5 Å². The summed E-state index contributed by atoms with van der Waals surface area (Å²) >= 11 is 0. The van der Waals surface area contributed by atoms with E-state index in [4.69, 9.17) is 10.00 Å². The highest BCUT2D eigenvalue weighted by Crippen LogP contribution is 2.14. The van der Waals surface area contributed by atoms with Crippen LogP contribution in [-0.2, 0) is 11.3 Å². The molecular formula is C15H21N3O2. The second-order valence-electron chi connectivity index (χ2n) is 5.47. The Hall–Kier alpha value is -2.06. The van der Waals surface area contributed by atoms with Crippen molar-refractivity contribution < 1.29 is 9.53 Å². The van der Waals surface area contributed by atoms with Crippen molar-refractivity contribution in [3.05, 3.63) is 29.8 Å². The summed E-state index contributed by atoms with van der Waals surface area (Å²) in [4.78, 5) is 11.3. The molecule has 20 heavy (non-hydrogen) atoms. The molecular weight excluding hydrogens is 254 g/mol. The molecule has 108 valence electrons. The van der Waals surface area contributed by atoms with Crippen LogP contribution in [0.25, 0.3) is 0 Å². The van der Waals surface area contributed by atoms with Crippen LogP contribution < -0.4 is 15.4 Å². The Bertz CT molecular complexity index is 487. The zero-order chi connectivity index (χ0) is 15.0. The van der Waals surface area contributed by atoms with E-state index in [2.05, 4.69) is 31.4 Å². The zero-order valence-corrected chi connectivity index (χ0v) is 12.2. The van der Waals surface area contributed by atoms with Gasteiger partial charge in [-0.25, -0.2) is 0 Å². The van der Waals surface area contributed by atoms with Gasteiger partial charge in [-0.2, -0.15) is 5.26 Å². The zero-order valence-electron chi connectivity index (χ0n) is 12.2. The Balaban J connectivity index is 2.48. The summed E-state index contributed by atoms with van der Waals surface area (Å²) in [6, 6.07) is 9.44. The van der Waals surface area contributed by atoms with E-state index in [0.717, 1.165) is 12.1 Å². The molecule has 0 aliphatic heterocycles. The maximum Gasteiger partial charge on any atom is 0.258 e. The SMILES string of the molecule is CC(C)(C)NCc1cccc(OCC(=O)NCC#N)c1. The summed E-state index contributed by atoms with van der Waals surface area (Å²) in [5.41, 5.74) is 1.14. The molecule has 1 rings (SSSR count). The molecule has 0 bridgehead atoms. The summed E-state index contributed by atoms with van der Waals surface area (Å²) in [5.74, 6) is 0.343. The van der Waals surface area contributed by atoms with Crippen LogP contribution in [-0.4, -0.2) is 24.6 Å². The minimum Gasteiger partial charge on any atom is -0.484 e. The molecule has 0 heterocycles. The molecule has 0 saturated carbocycles. The Morgan fingerprint density at radius 1 is 1.40 bits per heavy atom. The van der Waals surface area contributed by atoms with Gasteiger partial charge in [-0.15, -0.1) is 0 Å². The van der Waals surface area contributed by atoms with Crippen molar-refractivity contribution in [2.24, 2.45) is 0 Å². The van der Waals surface area contributed by atoms with E-state index in [1.54, 1.807) is 6.07 Å². The first-order valence-electron chi connectivity index (χ1n) is 6.51. The van der Waals surface area contributed by atoms with E-state index < -0.39 is 0 Å². The first-order valence-corrected chi connectivity index (χ1v) is 6.51. The van der Waals surface area contributed by atoms with Crippen LogP contribution in [0.3, 0.4) is 0 Å². The van der Waals surface area contributed by atoms with Gasteiger partial charge in [-0.3, -0.25) is 4.79 Å². The maximum atomic E-state index is 11.3. The average molecular weight is 275 g/mol. The van der Waals surface area contributed by atoms with E-state index in [9.17, 15) is 4.79 Å². The van der Waals surface area contributed by atoms with E-state index in [1.807, 2.05) is 24.3 Å². The monoisotopic (exact) mass is 275 g/mol. The third-order valence-corrected chi connectivity index (χ3v) is 2.46. The fourth-order valence-electron chi connectivity index (χ4n) is 1.45. The molecule has 0 unspecified atom stereocenters. The molecule has 1 amide bonds. The summed E-state index contributed by atoms with van der Waals surface area (Å²) in [7, 11) is 0. The number of nitrogens with one attached hydrogen (secondary N) is 2. The molecule has 0 radical (unpaired) electrons. The summed E-state index contributed by atoms with van der Waals surface area (Å²) in [6.07, 6.45) is 0. The van der Waals surface area contributed by atoms with Crippen LogP contribution in [0.4, 0.5) is 0 Å². The molecule has 0 aromatic heterocycles. The smallest absolute Gasteiger partial charge is 0.258 e. The molecule has 0 spiro atoms. The van der Waals surface area contributed by atoms with E-state index in [1.165, 1.54) is 0 Å². The lowest BCUT2D eigenvalue weighted by molar-refractivity contribution is -0.122.